The molecule has 0 amide bonds. The number of benzene rings is 2. The van der Waals surface area contributed by atoms with Crippen molar-refractivity contribution >= 4 is 45.8 Å². The molecule has 0 saturated carbocycles. The quantitative estimate of drug-likeness (QED) is 0.686. The number of phenols is 1. The van der Waals surface area contributed by atoms with Crippen LogP contribution in [0.25, 0.3) is 22.6 Å². The van der Waals surface area contributed by atoms with Crippen LogP contribution in [0, 0.1) is 0 Å². The second-order valence-corrected chi connectivity index (χ2v) is 7.10. The van der Waals surface area contributed by atoms with Crippen molar-refractivity contribution in [3.63, 3.8) is 0 Å². The number of halogens is 2. The average Bonchev–Trinajstić information content (AvgIpc) is 3.02. The van der Waals surface area contributed by atoms with E-state index in [1.165, 1.54) is 0 Å². The predicted octanol–water partition coefficient (Wildman–Crippen LogP) is 4.75. The van der Waals surface area contributed by atoms with Gasteiger partial charge >= 0.3 is 0 Å². The van der Waals surface area contributed by atoms with E-state index in [1.54, 1.807) is 34.9 Å². The van der Waals surface area contributed by atoms with Gasteiger partial charge in [-0.2, -0.15) is 0 Å². The molecule has 0 aliphatic carbocycles. The molecule has 0 fully saturated rings. The average molecular weight is 403 g/mol. The van der Waals surface area contributed by atoms with Gasteiger partial charge in [-0.15, -0.1) is 0 Å². The van der Waals surface area contributed by atoms with Crippen molar-refractivity contribution < 1.29 is 9.84 Å². The summed E-state index contributed by atoms with van der Waals surface area (Å²) in [4.78, 5) is 17.4. The number of allylic oxidation sites excluding steroid dienone is 1. The van der Waals surface area contributed by atoms with Crippen molar-refractivity contribution in [3.05, 3.63) is 62.1 Å². The minimum atomic E-state index is -0.0810. The second kappa shape index (κ2) is 6.91. The zero-order chi connectivity index (χ0) is 19.1. The number of fused-ring (bicyclic) bond motifs is 2. The molecule has 27 heavy (non-hydrogen) atoms. The summed E-state index contributed by atoms with van der Waals surface area (Å²) >= 11 is 12.2. The molecule has 0 spiro atoms. The summed E-state index contributed by atoms with van der Waals surface area (Å²) in [7, 11) is 0. The highest BCUT2D eigenvalue weighted by molar-refractivity contribution is 6.32. The van der Waals surface area contributed by atoms with E-state index >= 15 is 0 Å². The molecule has 0 bridgehead atoms. The van der Waals surface area contributed by atoms with Crippen LogP contribution in [0.15, 0.2) is 35.1 Å². The standard InChI is InChI=1S/C20H16Cl2N2O3/c1-2-27-17-9-11(8-15(22)18(17)25)7-12-5-6-24-19(12)23-16-10-13(21)3-4-14(16)20(24)26/h3-4,7-10,25H,2,5-6H2,1H3/b12-7+. The lowest BCUT2D eigenvalue weighted by Crippen LogP contribution is -2.20. The van der Waals surface area contributed by atoms with Gasteiger partial charge in [-0.25, -0.2) is 4.98 Å². The van der Waals surface area contributed by atoms with Crippen LogP contribution in [-0.2, 0) is 6.54 Å². The molecular formula is C20H16Cl2N2O3. The Hall–Kier alpha value is -2.50. The molecule has 5 nitrogen and oxygen atoms in total. The van der Waals surface area contributed by atoms with Crippen molar-refractivity contribution in [2.45, 2.75) is 19.9 Å². The highest BCUT2D eigenvalue weighted by Crippen LogP contribution is 2.37. The predicted molar refractivity (Wildman–Crippen MR) is 108 cm³/mol. The van der Waals surface area contributed by atoms with Gasteiger partial charge in [-0.05, 0) is 60.9 Å². The van der Waals surface area contributed by atoms with E-state index in [1.807, 2.05) is 13.0 Å². The number of aromatic hydroxyl groups is 1. The monoisotopic (exact) mass is 402 g/mol. The molecule has 2 aromatic carbocycles. The van der Waals surface area contributed by atoms with Gasteiger partial charge in [0.25, 0.3) is 5.56 Å². The minimum absolute atomic E-state index is 0.0752. The van der Waals surface area contributed by atoms with Gasteiger partial charge in [0.15, 0.2) is 11.5 Å². The minimum Gasteiger partial charge on any atom is -0.503 e. The fourth-order valence-electron chi connectivity index (χ4n) is 3.27. The summed E-state index contributed by atoms with van der Waals surface area (Å²) in [5.74, 6) is 0.866. The normalized spacial score (nSPS) is 14.7. The van der Waals surface area contributed by atoms with E-state index in [0.717, 1.165) is 11.1 Å². The number of aromatic nitrogens is 2. The third-order valence-corrected chi connectivity index (χ3v) is 5.02. The largest absolute Gasteiger partial charge is 0.503 e. The van der Waals surface area contributed by atoms with Gasteiger partial charge in [0.1, 0.15) is 5.82 Å². The van der Waals surface area contributed by atoms with E-state index < -0.39 is 0 Å². The third-order valence-electron chi connectivity index (χ3n) is 4.50. The van der Waals surface area contributed by atoms with Gasteiger partial charge in [0, 0.05) is 11.6 Å². The van der Waals surface area contributed by atoms with Crippen LogP contribution in [-0.4, -0.2) is 21.3 Å². The lowest BCUT2D eigenvalue weighted by Gasteiger charge is -2.09. The molecule has 138 valence electrons. The first-order valence-electron chi connectivity index (χ1n) is 8.54. The maximum atomic E-state index is 12.7. The van der Waals surface area contributed by atoms with Crippen molar-refractivity contribution in [2.24, 2.45) is 0 Å². The maximum Gasteiger partial charge on any atom is 0.261 e. The van der Waals surface area contributed by atoms with Crippen LogP contribution >= 0.6 is 23.2 Å². The Bertz CT molecular complexity index is 1150. The Morgan fingerprint density at radius 1 is 1.30 bits per heavy atom. The number of ether oxygens (including phenoxy) is 1. The highest BCUT2D eigenvalue weighted by atomic mass is 35.5. The summed E-state index contributed by atoms with van der Waals surface area (Å²) in [5, 5.41) is 11.3. The van der Waals surface area contributed by atoms with Crippen molar-refractivity contribution in [1.82, 2.24) is 9.55 Å². The molecule has 3 aromatic rings. The molecule has 7 heteroatoms. The van der Waals surface area contributed by atoms with Crippen molar-refractivity contribution in [1.29, 1.82) is 0 Å². The van der Waals surface area contributed by atoms with E-state index in [0.29, 0.717) is 47.1 Å². The second-order valence-electron chi connectivity index (χ2n) is 6.26. The van der Waals surface area contributed by atoms with E-state index in [4.69, 9.17) is 27.9 Å². The van der Waals surface area contributed by atoms with Gasteiger partial charge in [0.05, 0.1) is 22.5 Å². The lowest BCUT2D eigenvalue weighted by atomic mass is 10.1. The van der Waals surface area contributed by atoms with Crippen LogP contribution in [0.2, 0.25) is 10.0 Å². The Morgan fingerprint density at radius 3 is 2.89 bits per heavy atom. The first kappa shape index (κ1) is 17.9. The van der Waals surface area contributed by atoms with E-state index in [9.17, 15) is 9.90 Å². The van der Waals surface area contributed by atoms with Crippen molar-refractivity contribution in [3.8, 4) is 11.5 Å². The molecule has 1 N–H and O–H groups in total. The molecule has 0 saturated heterocycles. The molecular weight excluding hydrogens is 387 g/mol. The van der Waals surface area contributed by atoms with Crippen LogP contribution in [0.4, 0.5) is 0 Å². The zero-order valence-corrected chi connectivity index (χ0v) is 16.0. The van der Waals surface area contributed by atoms with Gasteiger partial charge in [0.2, 0.25) is 0 Å². The Morgan fingerprint density at radius 2 is 2.11 bits per heavy atom. The Kier molecular flexibility index (Phi) is 4.58. The van der Waals surface area contributed by atoms with Crippen LogP contribution in [0.5, 0.6) is 11.5 Å². The maximum absolute atomic E-state index is 12.7. The fraction of sp³-hybridized carbons (Fsp3) is 0.200. The first-order chi connectivity index (χ1) is 13.0. The highest BCUT2D eigenvalue weighted by Gasteiger charge is 2.21. The third kappa shape index (κ3) is 3.17. The molecule has 0 atom stereocenters. The van der Waals surface area contributed by atoms with Gasteiger partial charge < -0.3 is 9.84 Å². The molecule has 2 heterocycles. The summed E-state index contributed by atoms with van der Waals surface area (Å²) in [6.45, 7) is 2.81. The smallest absolute Gasteiger partial charge is 0.261 e. The molecule has 0 radical (unpaired) electrons. The fourth-order valence-corrected chi connectivity index (χ4v) is 3.66. The van der Waals surface area contributed by atoms with Crippen LogP contribution < -0.4 is 10.3 Å². The molecule has 1 aliphatic heterocycles. The van der Waals surface area contributed by atoms with Crippen LogP contribution in [0.3, 0.4) is 0 Å². The van der Waals surface area contributed by atoms with Crippen molar-refractivity contribution in [2.75, 3.05) is 6.61 Å². The zero-order valence-electron chi connectivity index (χ0n) is 14.5. The molecule has 0 unspecified atom stereocenters. The molecule has 4 rings (SSSR count). The van der Waals surface area contributed by atoms with Crippen LogP contribution in [0.1, 0.15) is 24.7 Å². The van der Waals surface area contributed by atoms with E-state index in [-0.39, 0.29) is 16.3 Å². The SMILES string of the molecule is CCOc1cc(/C=C2\CCn3c2nc2cc(Cl)ccc2c3=O)cc(Cl)c1O. The number of nitrogens with zero attached hydrogens (tertiary/aromatic N) is 2. The Labute approximate surface area is 165 Å². The summed E-state index contributed by atoms with van der Waals surface area (Å²) in [6.07, 6.45) is 2.59. The summed E-state index contributed by atoms with van der Waals surface area (Å²) < 4.78 is 7.11. The Balaban J connectivity index is 1.85. The number of hydrogen-bond acceptors (Lipinski definition) is 4. The molecule has 1 aromatic heterocycles. The van der Waals surface area contributed by atoms with Gasteiger partial charge in [-0.3, -0.25) is 9.36 Å². The van der Waals surface area contributed by atoms with E-state index in [2.05, 4.69) is 4.98 Å². The summed E-state index contributed by atoms with van der Waals surface area (Å²) in [5.41, 5.74) is 2.18. The number of hydrogen-bond donors (Lipinski definition) is 1. The molecule has 1 aliphatic rings. The number of phenolic OH excluding ortho intramolecular Hbond substituents is 1. The number of rotatable bonds is 3. The topological polar surface area (TPSA) is 64.4 Å². The summed E-state index contributed by atoms with van der Waals surface area (Å²) in [6, 6.07) is 8.47. The first-order valence-corrected chi connectivity index (χ1v) is 9.30. The van der Waals surface area contributed by atoms with Gasteiger partial charge in [-0.1, -0.05) is 23.2 Å². The lowest BCUT2D eigenvalue weighted by molar-refractivity contribution is 0.318.